The number of ketones is 1. The molecule has 9 heteroatoms. The summed E-state index contributed by atoms with van der Waals surface area (Å²) < 4.78 is 21.6. The fourth-order valence-electron chi connectivity index (χ4n) is 4.34. The van der Waals surface area contributed by atoms with Crippen LogP contribution in [-0.2, 0) is 17.8 Å². The minimum absolute atomic E-state index is 0.0967. The molecule has 3 heterocycles. The molecule has 1 fully saturated rings. The van der Waals surface area contributed by atoms with Gasteiger partial charge in [-0.25, -0.2) is 9.18 Å². The largest absolute Gasteiger partial charge is 0.453 e. The molecule has 0 saturated heterocycles. The molecule has 3 aromatic heterocycles. The maximum Gasteiger partial charge on any atom is 0.315 e. The first-order valence-corrected chi connectivity index (χ1v) is 13.6. The number of carbonyl (C=O) groups excluding carboxylic acids is 2. The maximum atomic E-state index is 14.9. The standard InChI is InChI=1S/C29H29FN4O3S/c1-2-11-34(29(31)36)17-20-5-7-23(33-16-20)27-15-24-28(38-27)26(9-10-32-24)37-25-8-6-19(14-22(25)30)13-21(35)12-18-3-4-18/h5-10,14-16,18H,2-4,11-13,17H2,1H3,(H2,31,36). The van der Waals surface area contributed by atoms with Gasteiger partial charge in [-0.1, -0.05) is 19.1 Å². The molecular weight excluding hydrogens is 503 g/mol. The van der Waals surface area contributed by atoms with Crippen molar-refractivity contribution in [3.63, 3.8) is 0 Å². The topological polar surface area (TPSA) is 98.4 Å². The number of nitrogens with two attached hydrogens (primary N) is 1. The molecule has 38 heavy (non-hydrogen) atoms. The predicted molar refractivity (Wildman–Crippen MR) is 146 cm³/mol. The summed E-state index contributed by atoms with van der Waals surface area (Å²) in [5.41, 5.74) is 8.49. The van der Waals surface area contributed by atoms with Gasteiger partial charge in [-0.2, -0.15) is 0 Å². The van der Waals surface area contributed by atoms with Gasteiger partial charge < -0.3 is 15.4 Å². The number of nitrogens with zero attached hydrogens (tertiary/aromatic N) is 3. The Labute approximate surface area is 224 Å². The molecule has 1 aliphatic rings. The number of pyridine rings is 2. The third-order valence-corrected chi connectivity index (χ3v) is 7.62. The molecule has 2 amide bonds. The number of rotatable bonds is 11. The minimum atomic E-state index is -0.506. The number of thiophene rings is 1. The summed E-state index contributed by atoms with van der Waals surface area (Å²) in [6, 6.07) is 11.7. The van der Waals surface area contributed by atoms with Gasteiger partial charge in [-0.15, -0.1) is 11.3 Å². The van der Waals surface area contributed by atoms with Crippen LogP contribution < -0.4 is 10.5 Å². The summed E-state index contributed by atoms with van der Waals surface area (Å²) in [5, 5.41) is 0. The van der Waals surface area contributed by atoms with Crippen molar-refractivity contribution in [2.24, 2.45) is 11.7 Å². The van der Waals surface area contributed by atoms with E-state index in [0.29, 0.717) is 36.7 Å². The van der Waals surface area contributed by atoms with Gasteiger partial charge in [-0.3, -0.25) is 14.8 Å². The lowest BCUT2D eigenvalue weighted by Crippen LogP contribution is -2.35. The van der Waals surface area contributed by atoms with Crippen LogP contribution in [0, 0.1) is 11.7 Å². The lowest BCUT2D eigenvalue weighted by Gasteiger charge is -2.19. The molecule has 1 saturated carbocycles. The highest BCUT2D eigenvalue weighted by Gasteiger charge is 2.24. The first kappa shape index (κ1) is 25.8. The van der Waals surface area contributed by atoms with Crippen LogP contribution in [0.25, 0.3) is 20.8 Å². The molecule has 1 aliphatic carbocycles. The van der Waals surface area contributed by atoms with Crippen LogP contribution in [0.2, 0.25) is 0 Å². The van der Waals surface area contributed by atoms with Crippen molar-refractivity contribution < 1.29 is 18.7 Å². The Hall–Kier alpha value is -3.85. The van der Waals surface area contributed by atoms with Crippen molar-refractivity contribution in [2.45, 2.75) is 45.6 Å². The molecule has 1 aromatic carbocycles. The SMILES string of the molecule is CCCN(Cc1ccc(-c2cc3nccc(Oc4ccc(CC(=O)CC5CC5)cc4F)c3s2)nc1)C(N)=O. The molecular formula is C29H29FN4O3S. The summed E-state index contributed by atoms with van der Waals surface area (Å²) in [5.74, 6) is 0.755. The van der Waals surface area contributed by atoms with Gasteiger partial charge in [0.25, 0.3) is 0 Å². The Morgan fingerprint density at radius 2 is 1.92 bits per heavy atom. The van der Waals surface area contributed by atoms with Gasteiger partial charge >= 0.3 is 6.03 Å². The van der Waals surface area contributed by atoms with Gasteiger partial charge in [-0.05, 0) is 60.6 Å². The first-order valence-electron chi connectivity index (χ1n) is 12.8. The fourth-order valence-corrected chi connectivity index (χ4v) is 5.38. The summed E-state index contributed by atoms with van der Waals surface area (Å²) in [6.45, 7) is 2.98. The van der Waals surface area contributed by atoms with Gasteiger partial charge in [0, 0.05) is 44.4 Å². The Bertz CT molecular complexity index is 1470. The Morgan fingerprint density at radius 3 is 2.61 bits per heavy atom. The van der Waals surface area contributed by atoms with Crippen LogP contribution in [0.15, 0.2) is 54.9 Å². The summed E-state index contributed by atoms with van der Waals surface area (Å²) in [6.07, 6.45) is 7.25. The number of aromatic nitrogens is 2. The van der Waals surface area contributed by atoms with Crippen LogP contribution in [0.5, 0.6) is 11.5 Å². The molecule has 7 nitrogen and oxygen atoms in total. The molecule has 0 radical (unpaired) electrons. The van der Waals surface area contributed by atoms with E-state index in [2.05, 4.69) is 9.97 Å². The zero-order valence-corrected chi connectivity index (χ0v) is 22.0. The number of carbonyl (C=O) groups is 2. The van der Waals surface area contributed by atoms with Gasteiger partial charge in [0.15, 0.2) is 11.6 Å². The quantitative estimate of drug-likeness (QED) is 0.238. The maximum absolute atomic E-state index is 14.9. The molecule has 0 spiro atoms. The second-order valence-electron chi connectivity index (χ2n) is 9.68. The minimum Gasteiger partial charge on any atom is -0.453 e. The van der Waals surface area contributed by atoms with E-state index in [1.807, 2.05) is 25.1 Å². The molecule has 196 valence electrons. The molecule has 0 bridgehead atoms. The average Bonchev–Trinajstić information content (AvgIpc) is 3.59. The van der Waals surface area contributed by atoms with E-state index in [1.165, 1.54) is 17.4 Å². The number of hydrogen-bond donors (Lipinski definition) is 1. The third-order valence-electron chi connectivity index (χ3n) is 6.46. The highest BCUT2D eigenvalue weighted by atomic mass is 32.1. The van der Waals surface area contributed by atoms with Crippen molar-refractivity contribution in [1.29, 1.82) is 0 Å². The van der Waals surface area contributed by atoms with Crippen molar-refractivity contribution in [2.75, 3.05) is 6.54 Å². The van der Waals surface area contributed by atoms with Gasteiger partial charge in [0.2, 0.25) is 0 Å². The van der Waals surface area contributed by atoms with Crippen LogP contribution in [-0.4, -0.2) is 33.2 Å². The second-order valence-corrected chi connectivity index (χ2v) is 10.7. The molecule has 5 rings (SSSR count). The Morgan fingerprint density at radius 1 is 1.11 bits per heavy atom. The first-order chi connectivity index (χ1) is 18.4. The number of Topliss-reactive ketones (excluding diaryl/α,β-unsaturated/α-hetero) is 1. The summed E-state index contributed by atoms with van der Waals surface area (Å²) in [7, 11) is 0. The number of urea groups is 1. The normalized spacial score (nSPS) is 13.0. The van der Waals surface area contributed by atoms with Gasteiger partial charge in [0.05, 0.1) is 20.8 Å². The number of halogens is 1. The molecule has 0 unspecified atom stereocenters. The van der Waals surface area contributed by atoms with E-state index < -0.39 is 11.8 Å². The Kier molecular flexibility index (Phi) is 7.64. The molecule has 2 N–H and O–H groups in total. The van der Waals surface area contributed by atoms with Gasteiger partial charge in [0.1, 0.15) is 11.5 Å². The monoisotopic (exact) mass is 532 g/mol. The van der Waals surface area contributed by atoms with Crippen molar-refractivity contribution in [3.05, 3.63) is 71.8 Å². The number of amides is 2. The van der Waals surface area contributed by atoms with E-state index in [4.69, 9.17) is 10.5 Å². The van der Waals surface area contributed by atoms with Crippen molar-refractivity contribution >= 4 is 33.4 Å². The lowest BCUT2D eigenvalue weighted by molar-refractivity contribution is -0.118. The molecule has 0 atom stereocenters. The van der Waals surface area contributed by atoms with E-state index in [-0.39, 0.29) is 18.0 Å². The number of primary amides is 1. The zero-order chi connectivity index (χ0) is 26.6. The number of fused-ring (bicyclic) bond motifs is 1. The second kappa shape index (κ2) is 11.3. The van der Waals surface area contributed by atoms with Crippen LogP contribution in [0.1, 0.15) is 43.7 Å². The predicted octanol–water partition coefficient (Wildman–Crippen LogP) is 6.49. The average molecular weight is 533 g/mol. The highest BCUT2D eigenvalue weighted by molar-refractivity contribution is 7.22. The van der Waals surface area contributed by atoms with Crippen LogP contribution in [0.4, 0.5) is 9.18 Å². The van der Waals surface area contributed by atoms with E-state index >= 15 is 0 Å². The fraction of sp³-hybridized carbons (Fsp3) is 0.310. The van der Waals surface area contributed by atoms with Crippen LogP contribution in [0.3, 0.4) is 0 Å². The van der Waals surface area contributed by atoms with E-state index in [0.717, 1.165) is 45.6 Å². The van der Waals surface area contributed by atoms with Crippen molar-refractivity contribution in [1.82, 2.24) is 14.9 Å². The zero-order valence-electron chi connectivity index (χ0n) is 21.2. The molecule has 4 aromatic rings. The smallest absolute Gasteiger partial charge is 0.315 e. The van der Waals surface area contributed by atoms with Crippen molar-refractivity contribution in [3.8, 4) is 22.1 Å². The number of benzene rings is 1. The number of hydrogen-bond acceptors (Lipinski definition) is 6. The summed E-state index contributed by atoms with van der Waals surface area (Å²) in [4.78, 5) is 35.3. The van der Waals surface area contributed by atoms with Crippen LogP contribution >= 0.6 is 11.3 Å². The van der Waals surface area contributed by atoms with E-state index in [1.54, 1.807) is 35.5 Å². The number of ether oxygens (including phenoxy) is 1. The van der Waals surface area contributed by atoms with E-state index in [9.17, 15) is 14.0 Å². The molecule has 0 aliphatic heterocycles. The lowest BCUT2D eigenvalue weighted by atomic mass is 10.0. The Balaban J connectivity index is 1.31. The third kappa shape index (κ3) is 6.16. The summed E-state index contributed by atoms with van der Waals surface area (Å²) >= 11 is 1.46. The highest BCUT2D eigenvalue weighted by Crippen LogP contribution is 2.39.